The van der Waals surface area contributed by atoms with Crippen molar-refractivity contribution < 1.29 is 9.59 Å². The number of amides is 2. The molecule has 0 spiro atoms. The molecule has 0 saturated heterocycles. The van der Waals surface area contributed by atoms with Gasteiger partial charge in [0, 0.05) is 18.5 Å². The first-order valence-corrected chi connectivity index (χ1v) is 9.17. The summed E-state index contributed by atoms with van der Waals surface area (Å²) < 4.78 is 0. The molecule has 4 saturated carbocycles. The van der Waals surface area contributed by atoms with Crippen LogP contribution in [0.15, 0.2) is 24.3 Å². The Balaban J connectivity index is 1.33. The minimum absolute atomic E-state index is 0.177. The molecule has 1 aromatic carbocycles. The van der Waals surface area contributed by atoms with Crippen molar-refractivity contribution in [3.05, 3.63) is 35.4 Å². The Bertz CT molecular complexity index is 615. The summed E-state index contributed by atoms with van der Waals surface area (Å²) in [6.07, 6.45) is 8.71. The number of hydrogen-bond acceptors (Lipinski definition) is 2. The first kappa shape index (κ1) is 15.7. The zero-order valence-electron chi connectivity index (χ0n) is 14.1. The number of carbonyl (C=O) groups excluding carboxylic acids is 2. The molecule has 4 aliphatic carbocycles. The van der Waals surface area contributed by atoms with Crippen molar-refractivity contribution in [1.29, 1.82) is 0 Å². The van der Waals surface area contributed by atoms with Crippen molar-refractivity contribution in [2.45, 2.75) is 51.5 Å². The molecule has 5 rings (SSSR count). The third-order valence-electron chi connectivity index (χ3n) is 6.43. The second-order valence-corrected chi connectivity index (χ2v) is 8.43. The molecule has 0 aromatic heterocycles. The number of carbonyl (C=O) groups is 2. The van der Waals surface area contributed by atoms with Crippen LogP contribution < -0.4 is 11.1 Å². The van der Waals surface area contributed by atoms with Crippen LogP contribution in [-0.4, -0.2) is 11.8 Å². The fourth-order valence-corrected chi connectivity index (χ4v) is 5.90. The average molecular weight is 326 g/mol. The maximum atomic E-state index is 12.5. The minimum atomic E-state index is -0.424. The number of nitrogens with two attached hydrogens (primary N) is 1. The molecule has 4 fully saturated rings. The topological polar surface area (TPSA) is 72.2 Å². The Labute approximate surface area is 143 Å². The van der Waals surface area contributed by atoms with Crippen LogP contribution in [0.2, 0.25) is 0 Å². The molecular weight excluding hydrogens is 300 g/mol. The van der Waals surface area contributed by atoms with Crippen molar-refractivity contribution in [3.63, 3.8) is 0 Å². The van der Waals surface area contributed by atoms with Crippen LogP contribution >= 0.6 is 0 Å². The SMILES string of the molecule is NC(=O)c1ccc(CNC(=O)CC23CC4CC(CC(C4)C2)C3)cc1. The predicted molar refractivity (Wildman–Crippen MR) is 92.0 cm³/mol. The van der Waals surface area contributed by atoms with Gasteiger partial charge in [-0.1, -0.05) is 12.1 Å². The quantitative estimate of drug-likeness (QED) is 0.873. The summed E-state index contributed by atoms with van der Waals surface area (Å²) in [6.45, 7) is 0.518. The standard InChI is InChI=1S/C20H26N2O2/c21-19(24)17-3-1-13(2-4-17)12-22-18(23)11-20-8-14-5-15(9-20)7-16(6-14)10-20/h1-4,14-16H,5-12H2,(H2,21,24)(H,22,23). The van der Waals surface area contributed by atoms with Gasteiger partial charge < -0.3 is 11.1 Å². The minimum Gasteiger partial charge on any atom is -0.366 e. The van der Waals surface area contributed by atoms with Crippen LogP contribution in [0.25, 0.3) is 0 Å². The van der Waals surface area contributed by atoms with Gasteiger partial charge in [-0.05, 0) is 79.4 Å². The first-order chi connectivity index (χ1) is 11.5. The third kappa shape index (κ3) is 3.06. The highest BCUT2D eigenvalue weighted by molar-refractivity contribution is 5.92. The van der Waals surface area contributed by atoms with Gasteiger partial charge in [-0.2, -0.15) is 0 Å². The highest BCUT2D eigenvalue weighted by Crippen LogP contribution is 2.61. The van der Waals surface area contributed by atoms with Crippen molar-refractivity contribution in [2.24, 2.45) is 28.9 Å². The van der Waals surface area contributed by atoms with Crippen molar-refractivity contribution in [2.75, 3.05) is 0 Å². The summed E-state index contributed by atoms with van der Waals surface area (Å²) >= 11 is 0. The summed E-state index contributed by atoms with van der Waals surface area (Å²) in [6, 6.07) is 7.13. The summed E-state index contributed by atoms with van der Waals surface area (Å²) in [4.78, 5) is 23.6. The summed E-state index contributed by atoms with van der Waals surface area (Å²) in [5.41, 5.74) is 7.03. The number of primary amides is 1. The Morgan fingerprint density at radius 2 is 1.54 bits per heavy atom. The van der Waals surface area contributed by atoms with Gasteiger partial charge in [-0.3, -0.25) is 9.59 Å². The summed E-state index contributed by atoms with van der Waals surface area (Å²) in [5.74, 6) is 2.39. The van der Waals surface area contributed by atoms with Gasteiger partial charge in [-0.25, -0.2) is 0 Å². The number of benzene rings is 1. The van der Waals surface area contributed by atoms with Crippen molar-refractivity contribution in [3.8, 4) is 0 Å². The second kappa shape index (κ2) is 5.91. The lowest BCUT2D eigenvalue weighted by Crippen LogP contribution is -2.47. The van der Waals surface area contributed by atoms with Crippen LogP contribution in [0.5, 0.6) is 0 Å². The lowest BCUT2D eigenvalue weighted by molar-refractivity contribution is -0.129. The molecule has 4 nitrogen and oxygen atoms in total. The largest absolute Gasteiger partial charge is 0.366 e. The van der Waals surface area contributed by atoms with E-state index in [1.165, 1.54) is 38.5 Å². The van der Waals surface area contributed by atoms with E-state index in [0.29, 0.717) is 18.5 Å². The van der Waals surface area contributed by atoms with Crippen LogP contribution in [0.4, 0.5) is 0 Å². The van der Waals surface area contributed by atoms with E-state index in [1.807, 2.05) is 12.1 Å². The highest BCUT2D eigenvalue weighted by atomic mass is 16.1. The van der Waals surface area contributed by atoms with Crippen molar-refractivity contribution in [1.82, 2.24) is 5.32 Å². The molecule has 24 heavy (non-hydrogen) atoms. The van der Waals surface area contributed by atoms with E-state index >= 15 is 0 Å². The molecule has 0 atom stereocenters. The smallest absolute Gasteiger partial charge is 0.248 e. The maximum Gasteiger partial charge on any atom is 0.248 e. The Morgan fingerprint density at radius 1 is 1.00 bits per heavy atom. The summed E-state index contributed by atoms with van der Waals surface area (Å²) in [7, 11) is 0. The third-order valence-corrected chi connectivity index (χ3v) is 6.43. The van der Waals surface area contributed by atoms with Gasteiger partial charge in [0.15, 0.2) is 0 Å². The van der Waals surface area contributed by atoms with E-state index in [-0.39, 0.29) is 11.3 Å². The Kier molecular flexibility index (Phi) is 3.86. The molecule has 0 unspecified atom stereocenters. The number of rotatable bonds is 5. The van der Waals surface area contributed by atoms with E-state index in [0.717, 1.165) is 23.3 Å². The van der Waals surface area contributed by atoms with Crippen molar-refractivity contribution >= 4 is 11.8 Å². The van der Waals surface area contributed by atoms with Gasteiger partial charge in [0.2, 0.25) is 11.8 Å². The average Bonchev–Trinajstić information content (AvgIpc) is 2.51. The fraction of sp³-hybridized carbons (Fsp3) is 0.600. The van der Waals surface area contributed by atoms with Crippen LogP contribution in [0, 0.1) is 23.2 Å². The molecule has 4 aliphatic rings. The molecule has 0 radical (unpaired) electrons. The van der Waals surface area contributed by atoms with Gasteiger partial charge in [0.1, 0.15) is 0 Å². The van der Waals surface area contributed by atoms with Gasteiger partial charge in [0.05, 0.1) is 0 Å². The molecule has 1 aromatic rings. The van der Waals surface area contributed by atoms with E-state index < -0.39 is 5.91 Å². The van der Waals surface area contributed by atoms with Crippen LogP contribution in [-0.2, 0) is 11.3 Å². The molecular formula is C20H26N2O2. The van der Waals surface area contributed by atoms with E-state index in [9.17, 15) is 9.59 Å². The number of nitrogens with one attached hydrogen (secondary N) is 1. The monoisotopic (exact) mass is 326 g/mol. The highest BCUT2D eigenvalue weighted by Gasteiger charge is 2.51. The van der Waals surface area contributed by atoms with Gasteiger partial charge in [-0.15, -0.1) is 0 Å². The molecule has 2 amide bonds. The van der Waals surface area contributed by atoms with Crippen LogP contribution in [0.1, 0.15) is 60.9 Å². The van der Waals surface area contributed by atoms with Gasteiger partial charge in [0.25, 0.3) is 0 Å². The lowest BCUT2D eigenvalue weighted by Gasteiger charge is -2.56. The first-order valence-electron chi connectivity index (χ1n) is 9.17. The molecule has 0 heterocycles. The Morgan fingerprint density at radius 3 is 2.04 bits per heavy atom. The van der Waals surface area contributed by atoms with Gasteiger partial charge >= 0.3 is 0 Å². The zero-order valence-corrected chi connectivity index (χ0v) is 14.1. The van der Waals surface area contributed by atoms with E-state index in [1.54, 1.807) is 12.1 Å². The predicted octanol–water partition coefficient (Wildman–Crippen LogP) is 3.01. The molecule has 4 heteroatoms. The normalized spacial score (nSPS) is 33.4. The van der Waals surface area contributed by atoms with E-state index in [2.05, 4.69) is 5.32 Å². The second-order valence-electron chi connectivity index (χ2n) is 8.43. The fourth-order valence-electron chi connectivity index (χ4n) is 5.90. The molecule has 128 valence electrons. The molecule has 4 bridgehead atoms. The molecule has 3 N–H and O–H groups in total. The number of hydrogen-bond donors (Lipinski definition) is 2. The molecule has 0 aliphatic heterocycles. The van der Waals surface area contributed by atoms with E-state index in [4.69, 9.17) is 5.73 Å². The zero-order chi connectivity index (χ0) is 16.7. The van der Waals surface area contributed by atoms with Crippen LogP contribution in [0.3, 0.4) is 0 Å². The Hall–Kier alpha value is -1.84. The maximum absolute atomic E-state index is 12.5. The summed E-state index contributed by atoms with van der Waals surface area (Å²) in [5, 5.41) is 3.07. The lowest BCUT2D eigenvalue weighted by atomic mass is 9.49.